The minimum absolute atomic E-state index is 0.120. The summed E-state index contributed by atoms with van der Waals surface area (Å²) in [6.07, 6.45) is 0. The number of rotatable bonds is 5. The first kappa shape index (κ1) is 18.8. The molecule has 0 aliphatic rings. The molecule has 2 heterocycles. The highest BCUT2D eigenvalue weighted by molar-refractivity contribution is 7.13. The first-order valence-corrected chi connectivity index (χ1v) is 9.17. The molecule has 8 heteroatoms. The van der Waals surface area contributed by atoms with E-state index in [9.17, 15) is 9.59 Å². The number of ether oxygens (including phenoxy) is 2. The van der Waals surface area contributed by atoms with Gasteiger partial charge in [0.05, 0.1) is 10.6 Å². The monoisotopic (exact) mass is 385 g/mol. The Morgan fingerprint density at radius 2 is 1.85 bits per heavy atom. The topological polar surface area (TPSA) is 83.3 Å². The number of nitrogens with zero attached hydrogens (tertiary/aromatic N) is 3. The van der Waals surface area contributed by atoms with E-state index in [0.717, 1.165) is 10.6 Å². The van der Waals surface area contributed by atoms with Gasteiger partial charge >= 0.3 is 11.9 Å². The molecule has 1 aromatic carbocycles. The molecule has 0 radical (unpaired) electrons. The fourth-order valence-corrected chi connectivity index (χ4v) is 2.97. The van der Waals surface area contributed by atoms with Crippen LogP contribution in [0.2, 0.25) is 0 Å². The summed E-state index contributed by atoms with van der Waals surface area (Å²) < 4.78 is 11.7. The summed E-state index contributed by atoms with van der Waals surface area (Å²) in [5, 5.41) is 6.19. The van der Waals surface area contributed by atoms with Crippen molar-refractivity contribution in [1.82, 2.24) is 14.8 Å². The third-order valence-electron chi connectivity index (χ3n) is 3.27. The highest BCUT2D eigenvalue weighted by Gasteiger charge is 2.23. The second kappa shape index (κ2) is 7.71. The van der Waals surface area contributed by atoms with E-state index >= 15 is 0 Å². The number of para-hydroxylation sites is 1. The van der Waals surface area contributed by atoms with Crippen LogP contribution in [-0.4, -0.2) is 38.9 Å². The third-order valence-corrected chi connectivity index (χ3v) is 4.14. The third kappa shape index (κ3) is 4.79. The van der Waals surface area contributed by atoms with E-state index in [4.69, 9.17) is 9.47 Å². The Labute approximate surface area is 160 Å². The Bertz CT molecular complexity index is 928. The molecule has 0 amide bonds. The molecule has 0 saturated heterocycles. The maximum absolute atomic E-state index is 12.3. The van der Waals surface area contributed by atoms with Gasteiger partial charge in [0.2, 0.25) is 0 Å². The number of thiophene rings is 1. The van der Waals surface area contributed by atoms with Gasteiger partial charge in [-0.15, -0.1) is 16.4 Å². The average Bonchev–Trinajstić information content (AvgIpc) is 3.28. The van der Waals surface area contributed by atoms with Gasteiger partial charge in [0, 0.05) is 0 Å². The van der Waals surface area contributed by atoms with E-state index in [0.29, 0.717) is 5.82 Å². The minimum Gasteiger partial charge on any atom is -0.457 e. The fraction of sp³-hybridized carbons (Fsp3) is 0.263. The first-order chi connectivity index (χ1) is 12.8. The summed E-state index contributed by atoms with van der Waals surface area (Å²) in [6.45, 7) is 4.72. The Hall–Kier alpha value is -3.00. The van der Waals surface area contributed by atoms with Gasteiger partial charge < -0.3 is 9.47 Å². The molecule has 0 unspecified atom stereocenters. The Kier molecular flexibility index (Phi) is 5.36. The second-order valence-corrected chi connectivity index (χ2v) is 7.59. The van der Waals surface area contributed by atoms with Crippen molar-refractivity contribution in [3.63, 3.8) is 0 Å². The molecule has 0 fully saturated rings. The summed E-state index contributed by atoms with van der Waals surface area (Å²) in [5.41, 5.74) is 0.114. The highest BCUT2D eigenvalue weighted by atomic mass is 32.1. The van der Waals surface area contributed by atoms with Crippen LogP contribution in [0, 0.1) is 0 Å². The summed E-state index contributed by atoms with van der Waals surface area (Å²) in [6, 6.07) is 13.1. The number of carbonyl (C=O) groups excluding carboxylic acids is 2. The summed E-state index contributed by atoms with van der Waals surface area (Å²) in [7, 11) is 0. The van der Waals surface area contributed by atoms with Crippen LogP contribution >= 0.6 is 11.3 Å². The summed E-state index contributed by atoms with van der Waals surface area (Å²) in [5.74, 6) is -1.00. The van der Waals surface area contributed by atoms with Gasteiger partial charge in [0.25, 0.3) is 5.82 Å². The molecule has 0 saturated carbocycles. The molecule has 0 bridgehead atoms. The van der Waals surface area contributed by atoms with Gasteiger partial charge in [-0.1, -0.05) is 24.3 Å². The average molecular weight is 385 g/mol. The molecule has 2 aromatic heterocycles. The maximum atomic E-state index is 12.3. The molecule has 0 N–H and O–H groups in total. The fourth-order valence-electron chi connectivity index (χ4n) is 2.27. The Morgan fingerprint density at radius 1 is 1.11 bits per heavy atom. The molecule has 0 spiro atoms. The van der Waals surface area contributed by atoms with Crippen LogP contribution in [0.5, 0.6) is 0 Å². The van der Waals surface area contributed by atoms with Crippen molar-refractivity contribution < 1.29 is 19.1 Å². The number of aromatic nitrogens is 3. The second-order valence-electron chi connectivity index (χ2n) is 6.65. The number of hydrogen-bond donors (Lipinski definition) is 0. The molecule has 0 aliphatic heterocycles. The summed E-state index contributed by atoms with van der Waals surface area (Å²) in [4.78, 5) is 29.2. The lowest BCUT2D eigenvalue weighted by Crippen LogP contribution is -2.27. The molecular weight excluding hydrogens is 366 g/mol. The van der Waals surface area contributed by atoms with Gasteiger partial charge in [0.15, 0.2) is 12.4 Å². The number of hydrogen-bond acceptors (Lipinski definition) is 7. The van der Waals surface area contributed by atoms with Crippen molar-refractivity contribution in [1.29, 1.82) is 0 Å². The van der Waals surface area contributed by atoms with Crippen LogP contribution in [-0.2, 0) is 14.3 Å². The SMILES string of the molecule is CC(C)(C)OC(=O)COC(=O)c1nc(-c2cccs2)n(-c2ccccc2)n1. The van der Waals surface area contributed by atoms with E-state index in [2.05, 4.69) is 10.1 Å². The minimum atomic E-state index is -0.784. The zero-order chi connectivity index (χ0) is 19.4. The predicted octanol–water partition coefficient (Wildman–Crippen LogP) is 3.49. The van der Waals surface area contributed by atoms with Crippen molar-refractivity contribution in [2.45, 2.75) is 26.4 Å². The number of carbonyl (C=O) groups is 2. The van der Waals surface area contributed by atoms with E-state index in [1.165, 1.54) is 11.3 Å². The van der Waals surface area contributed by atoms with Gasteiger partial charge in [-0.25, -0.2) is 14.3 Å². The van der Waals surface area contributed by atoms with Crippen molar-refractivity contribution >= 4 is 23.3 Å². The van der Waals surface area contributed by atoms with Gasteiger partial charge in [-0.3, -0.25) is 0 Å². The molecule has 3 aromatic rings. The number of benzene rings is 1. The van der Waals surface area contributed by atoms with Crippen LogP contribution in [0.1, 0.15) is 31.4 Å². The van der Waals surface area contributed by atoms with E-state index in [1.807, 2.05) is 47.8 Å². The zero-order valence-electron chi connectivity index (χ0n) is 15.2. The predicted molar refractivity (Wildman–Crippen MR) is 101 cm³/mol. The quantitative estimate of drug-likeness (QED) is 0.625. The Balaban J connectivity index is 1.82. The molecule has 140 valence electrons. The highest BCUT2D eigenvalue weighted by Crippen LogP contribution is 2.25. The smallest absolute Gasteiger partial charge is 0.378 e. The van der Waals surface area contributed by atoms with Crippen LogP contribution in [0.3, 0.4) is 0 Å². The van der Waals surface area contributed by atoms with E-state index in [1.54, 1.807) is 25.5 Å². The van der Waals surface area contributed by atoms with Gasteiger partial charge in [0.1, 0.15) is 5.60 Å². The van der Waals surface area contributed by atoms with E-state index < -0.39 is 24.1 Å². The summed E-state index contributed by atoms with van der Waals surface area (Å²) >= 11 is 1.48. The van der Waals surface area contributed by atoms with Crippen molar-refractivity contribution in [2.75, 3.05) is 6.61 Å². The molecule has 0 aliphatic carbocycles. The van der Waals surface area contributed by atoms with Crippen LogP contribution in [0.15, 0.2) is 47.8 Å². The van der Waals surface area contributed by atoms with Crippen LogP contribution in [0.25, 0.3) is 16.4 Å². The molecule has 27 heavy (non-hydrogen) atoms. The lowest BCUT2D eigenvalue weighted by Gasteiger charge is -2.19. The standard InChI is InChI=1S/C19H19N3O4S/c1-19(2,3)26-15(23)12-25-18(24)16-20-17(14-10-7-11-27-14)22(21-16)13-8-5-4-6-9-13/h4-11H,12H2,1-3H3. The van der Waals surface area contributed by atoms with Crippen LogP contribution < -0.4 is 0 Å². The van der Waals surface area contributed by atoms with Crippen molar-refractivity contribution in [3.8, 4) is 16.4 Å². The number of esters is 2. The van der Waals surface area contributed by atoms with Crippen LogP contribution in [0.4, 0.5) is 0 Å². The largest absolute Gasteiger partial charge is 0.457 e. The van der Waals surface area contributed by atoms with Crippen molar-refractivity contribution in [3.05, 3.63) is 53.7 Å². The van der Waals surface area contributed by atoms with Crippen molar-refractivity contribution in [2.24, 2.45) is 0 Å². The maximum Gasteiger partial charge on any atom is 0.378 e. The molecule has 3 rings (SSSR count). The lowest BCUT2D eigenvalue weighted by molar-refractivity contribution is -0.158. The first-order valence-electron chi connectivity index (χ1n) is 8.29. The normalized spacial score (nSPS) is 11.2. The van der Waals surface area contributed by atoms with Gasteiger partial charge in [-0.2, -0.15) is 4.98 Å². The molecule has 7 nitrogen and oxygen atoms in total. The van der Waals surface area contributed by atoms with Gasteiger partial charge in [-0.05, 0) is 44.4 Å². The zero-order valence-corrected chi connectivity index (χ0v) is 16.0. The Morgan fingerprint density at radius 3 is 2.48 bits per heavy atom. The van der Waals surface area contributed by atoms with E-state index in [-0.39, 0.29) is 5.82 Å². The lowest BCUT2D eigenvalue weighted by atomic mass is 10.2. The molecule has 0 atom stereocenters. The molecular formula is C19H19N3O4S.